The number of alkyl halides is 1. The molecule has 1 nitrogen and oxygen atoms in total. The van der Waals surface area contributed by atoms with Crippen molar-refractivity contribution in [2.75, 3.05) is 5.33 Å². The molecule has 0 aromatic carbocycles. The summed E-state index contributed by atoms with van der Waals surface area (Å²) >= 11 is 3.28. The van der Waals surface area contributed by atoms with Crippen LogP contribution in [0.1, 0.15) is 6.92 Å². The fraction of sp³-hybridized carbons (Fsp3) is 0.286. The smallest absolute Gasteiger partial charge is 0.142 e. The number of carbonyl (C=O) groups excluding carboxylic acids is 1. The lowest BCUT2D eigenvalue weighted by molar-refractivity contribution is -0.104. The van der Waals surface area contributed by atoms with E-state index < -0.39 is 0 Å². The lowest BCUT2D eigenvalue weighted by Crippen LogP contribution is -1.71. The molecule has 0 bridgehead atoms. The molecule has 0 saturated heterocycles. The third-order valence-corrected chi connectivity index (χ3v) is 1.67. The second-order valence-electron chi connectivity index (χ2n) is 1.67. The Bertz CT molecular complexity index is 136. The monoisotopic (exact) mass is 188 g/mol. The second kappa shape index (κ2) is 5.76. The molecule has 0 aliphatic carbocycles. The molecule has 0 heterocycles. The average molecular weight is 189 g/mol. The van der Waals surface area contributed by atoms with Gasteiger partial charge in [-0.25, -0.2) is 0 Å². The van der Waals surface area contributed by atoms with Gasteiger partial charge in [-0.05, 0) is 13.0 Å². The highest BCUT2D eigenvalue weighted by atomic mass is 79.9. The largest absolute Gasteiger partial charge is 0.299 e. The van der Waals surface area contributed by atoms with E-state index in [1.54, 1.807) is 6.08 Å². The summed E-state index contributed by atoms with van der Waals surface area (Å²) in [5.74, 6) is 0. The van der Waals surface area contributed by atoms with Gasteiger partial charge in [-0.15, -0.1) is 0 Å². The Kier molecular flexibility index (Phi) is 5.52. The molecular formula is C7H9BrO. The van der Waals surface area contributed by atoms with Gasteiger partial charge in [0, 0.05) is 5.33 Å². The average Bonchev–Trinajstić information content (AvgIpc) is 1.89. The van der Waals surface area contributed by atoms with Gasteiger partial charge in [0.1, 0.15) is 6.29 Å². The summed E-state index contributed by atoms with van der Waals surface area (Å²) in [5, 5.41) is 0.857. The molecule has 0 fully saturated rings. The molecule has 0 aromatic rings. The van der Waals surface area contributed by atoms with E-state index in [0.717, 1.165) is 11.6 Å². The first-order valence-electron chi connectivity index (χ1n) is 2.65. The van der Waals surface area contributed by atoms with Crippen LogP contribution >= 0.6 is 15.9 Å². The van der Waals surface area contributed by atoms with Crippen LogP contribution in [0, 0.1) is 0 Å². The minimum absolute atomic E-state index is 0.762. The first-order chi connectivity index (χ1) is 4.31. The van der Waals surface area contributed by atoms with Gasteiger partial charge in [0.05, 0.1) is 0 Å². The van der Waals surface area contributed by atoms with Crippen LogP contribution in [0.3, 0.4) is 0 Å². The van der Waals surface area contributed by atoms with E-state index >= 15 is 0 Å². The summed E-state index contributed by atoms with van der Waals surface area (Å²) < 4.78 is 0. The molecule has 0 saturated carbocycles. The van der Waals surface area contributed by atoms with E-state index in [0.29, 0.717) is 0 Å². The van der Waals surface area contributed by atoms with Crippen molar-refractivity contribution in [3.8, 4) is 0 Å². The zero-order chi connectivity index (χ0) is 7.11. The van der Waals surface area contributed by atoms with Crippen molar-refractivity contribution in [2.45, 2.75) is 6.92 Å². The Morgan fingerprint density at radius 2 is 2.22 bits per heavy atom. The Balaban J connectivity index is 3.67. The highest BCUT2D eigenvalue weighted by Crippen LogP contribution is 1.96. The van der Waals surface area contributed by atoms with Crippen molar-refractivity contribution in [1.82, 2.24) is 0 Å². The lowest BCUT2D eigenvalue weighted by Gasteiger charge is -1.85. The van der Waals surface area contributed by atoms with E-state index in [-0.39, 0.29) is 0 Å². The third kappa shape index (κ3) is 5.50. The molecule has 0 unspecified atom stereocenters. The molecule has 0 aliphatic heterocycles. The molecule has 0 spiro atoms. The van der Waals surface area contributed by atoms with Crippen molar-refractivity contribution >= 4 is 22.2 Å². The number of carbonyl (C=O) groups is 1. The van der Waals surface area contributed by atoms with Crippen molar-refractivity contribution in [2.24, 2.45) is 0 Å². The molecule has 9 heavy (non-hydrogen) atoms. The van der Waals surface area contributed by atoms with Crippen molar-refractivity contribution in [3.63, 3.8) is 0 Å². The Hall–Kier alpha value is -0.370. The molecule has 0 amide bonds. The number of rotatable bonds is 3. The predicted molar refractivity (Wildman–Crippen MR) is 42.8 cm³/mol. The summed E-state index contributed by atoms with van der Waals surface area (Å²) in [6, 6.07) is 0. The summed E-state index contributed by atoms with van der Waals surface area (Å²) in [5.41, 5.74) is 1.20. The molecule has 0 aliphatic rings. The maximum absolute atomic E-state index is 9.75. The maximum Gasteiger partial charge on any atom is 0.142 e. The summed E-state index contributed by atoms with van der Waals surface area (Å²) in [6.45, 7) is 1.99. The van der Waals surface area contributed by atoms with Gasteiger partial charge in [-0.3, -0.25) is 4.79 Å². The zero-order valence-electron chi connectivity index (χ0n) is 5.30. The van der Waals surface area contributed by atoms with Crippen LogP contribution in [-0.2, 0) is 4.79 Å². The number of aldehydes is 1. The number of hydrogen-bond acceptors (Lipinski definition) is 1. The van der Waals surface area contributed by atoms with Gasteiger partial charge in [-0.2, -0.15) is 0 Å². The van der Waals surface area contributed by atoms with Crippen LogP contribution < -0.4 is 0 Å². The predicted octanol–water partition coefficient (Wildman–Crippen LogP) is 2.08. The Morgan fingerprint density at radius 1 is 1.56 bits per heavy atom. The molecule has 0 radical (unpaired) electrons. The Morgan fingerprint density at radius 3 is 2.67 bits per heavy atom. The van der Waals surface area contributed by atoms with Gasteiger partial charge in [0.25, 0.3) is 0 Å². The molecule has 0 atom stereocenters. The highest BCUT2D eigenvalue weighted by molar-refractivity contribution is 9.09. The maximum atomic E-state index is 9.75. The van der Waals surface area contributed by atoms with Gasteiger partial charge < -0.3 is 0 Å². The molecule has 0 aromatic heterocycles. The first kappa shape index (κ1) is 8.63. The van der Waals surface area contributed by atoms with E-state index in [1.807, 2.05) is 13.0 Å². The summed E-state index contributed by atoms with van der Waals surface area (Å²) in [4.78, 5) is 9.75. The topological polar surface area (TPSA) is 17.1 Å². The van der Waals surface area contributed by atoms with E-state index in [2.05, 4.69) is 15.9 Å². The van der Waals surface area contributed by atoms with Crippen molar-refractivity contribution < 1.29 is 4.79 Å². The number of hydrogen-bond donors (Lipinski definition) is 0. The van der Waals surface area contributed by atoms with Crippen LogP contribution in [-0.4, -0.2) is 11.6 Å². The number of allylic oxidation sites excluding steroid dienone is 4. The molecule has 50 valence electrons. The fourth-order valence-electron chi connectivity index (χ4n) is 0.310. The van der Waals surface area contributed by atoms with E-state index in [9.17, 15) is 4.79 Å². The SMILES string of the molecule is C/C(=C\C=C\C=O)CBr. The van der Waals surface area contributed by atoms with Gasteiger partial charge in [0.15, 0.2) is 0 Å². The third-order valence-electron chi connectivity index (χ3n) is 0.781. The van der Waals surface area contributed by atoms with Gasteiger partial charge in [0.2, 0.25) is 0 Å². The first-order valence-corrected chi connectivity index (χ1v) is 3.77. The second-order valence-corrected chi connectivity index (χ2v) is 2.23. The molecular weight excluding hydrogens is 180 g/mol. The molecule has 0 N–H and O–H groups in total. The van der Waals surface area contributed by atoms with Crippen LogP contribution in [0.15, 0.2) is 23.8 Å². The zero-order valence-corrected chi connectivity index (χ0v) is 6.89. The lowest BCUT2D eigenvalue weighted by atomic mass is 10.3. The van der Waals surface area contributed by atoms with Crippen LogP contribution in [0.5, 0.6) is 0 Å². The van der Waals surface area contributed by atoms with Crippen LogP contribution in [0.2, 0.25) is 0 Å². The number of halogens is 1. The van der Waals surface area contributed by atoms with Gasteiger partial charge >= 0.3 is 0 Å². The highest BCUT2D eigenvalue weighted by Gasteiger charge is 1.77. The standard InChI is InChI=1S/C7H9BrO/c1-7(6-8)4-2-3-5-9/h2-5H,6H2,1H3/b3-2+,7-4+. The minimum Gasteiger partial charge on any atom is -0.299 e. The normalized spacial score (nSPS) is 12.4. The van der Waals surface area contributed by atoms with Crippen molar-refractivity contribution in [1.29, 1.82) is 0 Å². The van der Waals surface area contributed by atoms with Gasteiger partial charge in [-0.1, -0.05) is 33.7 Å². The fourth-order valence-corrected chi connectivity index (χ4v) is 0.497. The Labute approximate surface area is 63.6 Å². The van der Waals surface area contributed by atoms with Crippen LogP contribution in [0.25, 0.3) is 0 Å². The van der Waals surface area contributed by atoms with E-state index in [1.165, 1.54) is 11.6 Å². The van der Waals surface area contributed by atoms with E-state index in [4.69, 9.17) is 0 Å². The molecule has 2 heteroatoms. The summed E-state index contributed by atoms with van der Waals surface area (Å²) in [6.07, 6.45) is 5.84. The minimum atomic E-state index is 0.762. The van der Waals surface area contributed by atoms with Crippen molar-refractivity contribution in [3.05, 3.63) is 23.8 Å². The summed E-state index contributed by atoms with van der Waals surface area (Å²) in [7, 11) is 0. The molecule has 0 rings (SSSR count). The van der Waals surface area contributed by atoms with Crippen LogP contribution in [0.4, 0.5) is 0 Å². The quantitative estimate of drug-likeness (QED) is 0.287.